The van der Waals surface area contributed by atoms with Crippen molar-refractivity contribution in [2.75, 3.05) is 10.5 Å². The van der Waals surface area contributed by atoms with Gasteiger partial charge >= 0.3 is 6.01 Å². The summed E-state index contributed by atoms with van der Waals surface area (Å²) in [5.41, 5.74) is 6.10. The minimum Gasteiger partial charge on any atom is -0.431 e. The van der Waals surface area contributed by atoms with Crippen molar-refractivity contribution in [1.29, 1.82) is 0 Å². The third-order valence-electron chi connectivity index (χ3n) is 1.98. The number of hydrogen-bond acceptors (Lipinski definition) is 6. The van der Waals surface area contributed by atoms with Crippen molar-refractivity contribution < 1.29 is 12.8 Å². The zero-order valence-electron chi connectivity index (χ0n) is 9.21. The van der Waals surface area contributed by atoms with Gasteiger partial charge in [0.15, 0.2) is 0 Å². The van der Waals surface area contributed by atoms with Crippen LogP contribution < -0.4 is 10.5 Å². The Hall–Kier alpha value is -1.61. The van der Waals surface area contributed by atoms with Crippen molar-refractivity contribution in [1.82, 2.24) is 9.97 Å². The van der Waals surface area contributed by atoms with Crippen LogP contribution in [0.3, 0.4) is 0 Å². The molecule has 0 saturated heterocycles. The number of hydrogen-bond donors (Lipinski definition) is 2. The van der Waals surface area contributed by atoms with E-state index in [0.717, 1.165) is 0 Å². The summed E-state index contributed by atoms with van der Waals surface area (Å²) in [5.74, 6) is -0.103. The minimum atomic E-state index is -3.88. The Kier molecular flexibility index (Phi) is 3.26. The molecule has 2 aromatic rings. The smallest absolute Gasteiger partial charge is 0.309 e. The molecule has 0 spiro atoms. The van der Waals surface area contributed by atoms with Gasteiger partial charge in [-0.25, -0.2) is 18.1 Å². The van der Waals surface area contributed by atoms with Gasteiger partial charge in [-0.3, -0.25) is 0 Å². The standard InChI is InChI=1S/C9H9BrN4O3S/c1-5-4-17-9(13-5)14-18(15,16)7-2-6(10)3-12-8(7)11/h2-4H,1H3,(H2,11,12)(H,13,14). The first kappa shape index (κ1) is 12.8. The molecule has 3 N–H and O–H groups in total. The highest BCUT2D eigenvalue weighted by molar-refractivity contribution is 9.10. The van der Waals surface area contributed by atoms with Crippen LogP contribution in [-0.2, 0) is 10.0 Å². The maximum absolute atomic E-state index is 12.0. The first-order chi connectivity index (χ1) is 8.38. The van der Waals surface area contributed by atoms with Crippen LogP contribution in [0.25, 0.3) is 0 Å². The van der Waals surface area contributed by atoms with Crippen LogP contribution in [0.15, 0.2) is 32.3 Å². The molecule has 18 heavy (non-hydrogen) atoms. The Balaban J connectivity index is 2.39. The zero-order valence-corrected chi connectivity index (χ0v) is 11.6. The first-order valence-electron chi connectivity index (χ1n) is 4.74. The van der Waals surface area contributed by atoms with Crippen molar-refractivity contribution in [3.63, 3.8) is 0 Å². The van der Waals surface area contributed by atoms with E-state index in [2.05, 4.69) is 30.6 Å². The average molecular weight is 333 g/mol. The number of aromatic nitrogens is 2. The van der Waals surface area contributed by atoms with Gasteiger partial charge in [0.1, 0.15) is 17.0 Å². The fraction of sp³-hybridized carbons (Fsp3) is 0.111. The Bertz CT molecular complexity index is 683. The van der Waals surface area contributed by atoms with Crippen molar-refractivity contribution in [2.45, 2.75) is 11.8 Å². The summed E-state index contributed by atoms with van der Waals surface area (Å²) in [4.78, 5) is 7.45. The van der Waals surface area contributed by atoms with E-state index in [1.807, 2.05) is 0 Å². The van der Waals surface area contributed by atoms with Crippen LogP contribution in [0.2, 0.25) is 0 Å². The molecule has 0 aliphatic heterocycles. The maximum Gasteiger partial charge on any atom is 0.309 e. The van der Waals surface area contributed by atoms with Gasteiger partial charge in [0, 0.05) is 10.7 Å². The molecule has 0 aliphatic carbocycles. The molecule has 0 saturated carbocycles. The maximum atomic E-state index is 12.0. The Morgan fingerprint density at radius 3 is 2.83 bits per heavy atom. The summed E-state index contributed by atoms with van der Waals surface area (Å²) < 4.78 is 31.7. The van der Waals surface area contributed by atoms with E-state index in [0.29, 0.717) is 10.2 Å². The van der Waals surface area contributed by atoms with E-state index in [-0.39, 0.29) is 16.7 Å². The van der Waals surface area contributed by atoms with Crippen LogP contribution in [0, 0.1) is 6.92 Å². The van der Waals surface area contributed by atoms with E-state index in [1.54, 1.807) is 6.92 Å². The van der Waals surface area contributed by atoms with Crippen LogP contribution in [0.5, 0.6) is 0 Å². The van der Waals surface area contributed by atoms with Crippen molar-refractivity contribution in [3.05, 3.63) is 28.7 Å². The number of sulfonamides is 1. The summed E-state index contributed by atoms with van der Waals surface area (Å²) in [6.45, 7) is 1.68. The van der Waals surface area contributed by atoms with Crippen molar-refractivity contribution >= 4 is 37.8 Å². The number of nitrogen functional groups attached to an aromatic ring is 1. The number of nitrogens with one attached hydrogen (secondary N) is 1. The fourth-order valence-electron chi connectivity index (χ4n) is 1.22. The second kappa shape index (κ2) is 4.58. The number of oxazole rings is 1. The van der Waals surface area contributed by atoms with Crippen molar-refractivity contribution in [2.24, 2.45) is 0 Å². The fourth-order valence-corrected chi connectivity index (χ4v) is 2.74. The summed E-state index contributed by atoms with van der Waals surface area (Å²) >= 11 is 3.13. The lowest BCUT2D eigenvalue weighted by molar-refractivity contribution is 0.569. The highest BCUT2D eigenvalue weighted by Crippen LogP contribution is 2.22. The normalized spacial score (nSPS) is 11.4. The van der Waals surface area contributed by atoms with E-state index in [9.17, 15) is 8.42 Å². The van der Waals surface area contributed by atoms with Gasteiger partial charge in [0.2, 0.25) is 0 Å². The Morgan fingerprint density at radius 2 is 2.22 bits per heavy atom. The molecule has 0 aliphatic rings. The number of nitrogens with two attached hydrogens (primary N) is 1. The van der Waals surface area contributed by atoms with Crippen molar-refractivity contribution in [3.8, 4) is 0 Å². The third kappa shape index (κ3) is 2.62. The molecule has 96 valence electrons. The lowest BCUT2D eigenvalue weighted by Crippen LogP contribution is -2.15. The number of halogens is 1. The van der Waals surface area contributed by atoms with Crippen LogP contribution in [-0.4, -0.2) is 18.4 Å². The Labute approximate surface area is 112 Å². The highest BCUT2D eigenvalue weighted by atomic mass is 79.9. The molecule has 2 heterocycles. The molecule has 7 nitrogen and oxygen atoms in total. The molecule has 2 rings (SSSR count). The Morgan fingerprint density at radius 1 is 1.50 bits per heavy atom. The summed E-state index contributed by atoms with van der Waals surface area (Å²) in [6, 6.07) is 1.23. The van der Waals surface area contributed by atoms with Gasteiger partial charge in [0.05, 0.1) is 5.69 Å². The summed E-state index contributed by atoms with van der Waals surface area (Å²) in [6.07, 6.45) is 2.74. The number of nitrogens with zero attached hydrogens (tertiary/aromatic N) is 2. The molecule has 0 amide bonds. The molecular weight excluding hydrogens is 324 g/mol. The predicted octanol–water partition coefficient (Wildman–Crippen LogP) is 1.52. The molecule has 0 bridgehead atoms. The van der Waals surface area contributed by atoms with Crippen LogP contribution in [0.4, 0.5) is 11.8 Å². The predicted molar refractivity (Wildman–Crippen MR) is 68.4 cm³/mol. The number of anilines is 2. The van der Waals surface area contributed by atoms with Gasteiger partial charge in [-0.1, -0.05) is 0 Å². The molecule has 0 radical (unpaired) electrons. The average Bonchev–Trinajstić information content (AvgIpc) is 2.66. The molecular formula is C9H9BrN4O3S. The van der Waals surface area contributed by atoms with Gasteiger partial charge in [-0.2, -0.15) is 4.98 Å². The van der Waals surface area contributed by atoms with Gasteiger partial charge in [-0.15, -0.1) is 0 Å². The SMILES string of the molecule is Cc1coc(NS(=O)(=O)c2cc(Br)cnc2N)n1. The van der Waals surface area contributed by atoms with E-state index < -0.39 is 10.0 Å². The molecule has 0 atom stereocenters. The molecule has 9 heteroatoms. The van der Waals surface area contributed by atoms with Crippen LogP contribution >= 0.6 is 15.9 Å². The number of pyridine rings is 1. The van der Waals surface area contributed by atoms with E-state index >= 15 is 0 Å². The quantitative estimate of drug-likeness (QED) is 0.881. The third-order valence-corrected chi connectivity index (χ3v) is 3.76. The molecule has 2 aromatic heterocycles. The number of rotatable bonds is 3. The van der Waals surface area contributed by atoms with E-state index in [4.69, 9.17) is 10.2 Å². The van der Waals surface area contributed by atoms with Gasteiger partial charge in [-0.05, 0) is 28.9 Å². The molecule has 0 aromatic carbocycles. The first-order valence-corrected chi connectivity index (χ1v) is 7.02. The van der Waals surface area contributed by atoms with Gasteiger partial charge in [0.25, 0.3) is 10.0 Å². The van der Waals surface area contributed by atoms with E-state index in [1.165, 1.54) is 18.5 Å². The van der Waals surface area contributed by atoms with Crippen LogP contribution in [0.1, 0.15) is 5.69 Å². The zero-order chi connectivity index (χ0) is 13.3. The second-order valence-corrected chi connectivity index (χ2v) is 6.00. The lowest BCUT2D eigenvalue weighted by atomic mass is 10.5. The monoisotopic (exact) mass is 332 g/mol. The molecule has 0 fully saturated rings. The summed E-state index contributed by atoms with van der Waals surface area (Å²) in [5, 5.41) is 0. The minimum absolute atomic E-state index is 0.103. The largest absolute Gasteiger partial charge is 0.431 e. The lowest BCUT2D eigenvalue weighted by Gasteiger charge is -2.06. The highest BCUT2D eigenvalue weighted by Gasteiger charge is 2.21. The van der Waals surface area contributed by atoms with Gasteiger partial charge < -0.3 is 10.2 Å². The topological polar surface area (TPSA) is 111 Å². The second-order valence-electron chi connectivity index (χ2n) is 3.44. The number of aryl methyl sites for hydroxylation is 1. The molecule has 0 unspecified atom stereocenters. The summed E-state index contributed by atoms with van der Waals surface area (Å²) in [7, 11) is -3.88.